The van der Waals surface area contributed by atoms with Crippen LogP contribution in [-0.4, -0.2) is 16.0 Å². The molecule has 1 aromatic heterocycles. The number of aryl methyl sites for hydroxylation is 2. The van der Waals surface area contributed by atoms with Gasteiger partial charge in [-0.25, -0.2) is 9.97 Å². The van der Waals surface area contributed by atoms with Crippen LogP contribution in [0.4, 0.5) is 0 Å². The van der Waals surface area contributed by atoms with Gasteiger partial charge in [0.1, 0.15) is 5.82 Å². The first-order valence-electron chi connectivity index (χ1n) is 7.36. The second kappa shape index (κ2) is 5.33. The monoisotopic (exact) mass is 267 g/mol. The van der Waals surface area contributed by atoms with Gasteiger partial charge in [0, 0.05) is 23.2 Å². The molecule has 0 radical (unpaired) electrons. The van der Waals surface area contributed by atoms with Crippen molar-refractivity contribution in [3.8, 4) is 11.3 Å². The van der Waals surface area contributed by atoms with Crippen LogP contribution < -0.4 is 5.73 Å². The Kier molecular flexibility index (Phi) is 3.53. The van der Waals surface area contributed by atoms with Crippen molar-refractivity contribution in [2.24, 2.45) is 5.73 Å². The molecule has 1 aliphatic rings. The predicted octanol–water partition coefficient (Wildman–Crippen LogP) is 3.22. The van der Waals surface area contributed by atoms with Crippen LogP contribution in [0.5, 0.6) is 0 Å². The number of benzene rings is 1. The molecular weight excluding hydrogens is 246 g/mol. The van der Waals surface area contributed by atoms with Crippen molar-refractivity contribution in [1.29, 1.82) is 0 Å². The summed E-state index contributed by atoms with van der Waals surface area (Å²) in [5.74, 6) is 1.40. The Hall–Kier alpha value is -1.74. The lowest BCUT2D eigenvalue weighted by Crippen LogP contribution is -2.35. The van der Waals surface area contributed by atoms with Gasteiger partial charge >= 0.3 is 0 Å². The van der Waals surface area contributed by atoms with Crippen LogP contribution in [-0.2, 0) is 6.42 Å². The van der Waals surface area contributed by atoms with Crippen LogP contribution in [0.25, 0.3) is 11.3 Å². The summed E-state index contributed by atoms with van der Waals surface area (Å²) in [6.45, 7) is 4.20. The molecule has 20 heavy (non-hydrogen) atoms. The predicted molar refractivity (Wildman–Crippen MR) is 81.5 cm³/mol. The van der Waals surface area contributed by atoms with Crippen molar-refractivity contribution in [3.63, 3.8) is 0 Å². The van der Waals surface area contributed by atoms with Crippen LogP contribution in [0.2, 0.25) is 0 Å². The highest BCUT2D eigenvalue weighted by atomic mass is 14.9. The molecule has 1 heterocycles. The lowest BCUT2D eigenvalue weighted by Gasteiger charge is -2.31. The summed E-state index contributed by atoms with van der Waals surface area (Å²) >= 11 is 0. The van der Waals surface area contributed by atoms with Crippen LogP contribution in [0, 0.1) is 6.92 Å². The van der Waals surface area contributed by atoms with Crippen LogP contribution in [0.3, 0.4) is 0 Å². The Labute approximate surface area is 120 Å². The average Bonchev–Trinajstić information content (AvgIpc) is 2.43. The third-order valence-corrected chi connectivity index (χ3v) is 4.07. The van der Waals surface area contributed by atoms with Crippen molar-refractivity contribution in [3.05, 3.63) is 47.4 Å². The van der Waals surface area contributed by atoms with Gasteiger partial charge in [-0.2, -0.15) is 0 Å². The largest absolute Gasteiger partial charge is 0.328 e. The van der Waals surface area contributed by atoms with E-state index in [0.717, 1.165) is 42.0 Å². The number of hydrogen-bond acceptors (Lipinski definition) is 3. The van der Waals surface area contributed by atoms with E-state index in [1.807, 2.05) is 6.92 Å². The molecule has 3 heteroatoms. The highest BCUT2D eigenvalue weighted by molar-refractivity contribution is 5.59. The van der Waals surface area contributed by atoms with Crippen LogP contribution >= 0.6 is 0 Å². The molecule has 1 aromatic carbocycles. The van der Waals surface area contributed by atoms with E-state index in [1.165, 1.54) is 5.56 Å². The molecule has 1 aliphatic carbocycles. The first-order valence-corrected chi connectivity index (χ1v) is 7.36. The van der Waals surface area contributed by atoms with Gasteiger partial charge in [-0.3, -0.25) is 0 Å². The molecule has 3 nitrogen and oxygen atoms in total. The fourth-order valence-electron chi connectivity index (χ4n) is 2.71. The topological polar surface area (TPSA) is 51.8 Å². The molecule has 1 saturated carbocycles. The van der Waals surface area contributed by atoms with Crippen molar-refractivity contribution in [2.75, 3.05) is 0 Å². The first kappa shape index (κ1) is 13.3. The molecule has 3 rings (SSSR count). The summed E-state index contributed by atoms with van der Waals surface area (Å²) in [5.41, 5.74) is 10.4. The minimum atomic E-state index is 0.330. The quantitative estimate of drug-likeness (QED) is 0.929. The summed E-state index contributed by atoms with van der Waals surface area (Å²) in [5, 5.41) is 0. The summed E-state index contributed by atoms with van der Waals surface area (Å²) in [4.78, 5) is 9.33. The van der Waals surface area contributed by atoms with E-state index < -0.39 is 0 Å². The summed E-state index contributed by atoms with van der Waals surface area (Å²) < 4.78 is 0. The maximum atomic E-state index is 5.87. The normalized spacial score (nSPS) is 21.6. The van der Waals surface area contributed by atoms with E-state index in [1.54, 1.807) is 0 Å². The van der Waals surface area contributed by atoms with Crippen molar-refractivity contribution >= 4 is 0 Å². The minimum Gasteiger partial charge on any atom is -0.328 e. The van der Waals surface area contributed by atoms with Gasteiger partial charge < -0.3 is 5.73 Å². The number of hydrogen-bond donors (Lipinski definition) is 1. The second-order valence-corrected chi connectivity index (χ2v) is 5.73. The van der Waals surface area contributed by atoms with E-state index in [4.69, 9.17) is 10.7 Å². The molecule has 0 spiro atoms. The van der Waals surface area contributed by atoms with Gasteiger partial charge in [0.15, 0.2) is 0 Å². The van der Waals surface area contributed by atoms with Gasteiger partial charge in [0.25, 0.3) is 0 Å². The summed E-state index contributed by atoms with van der Waals surface area (Å²) in [6, 6.07) is 11.0. The molecule has 0 aliphatic heterocycles. The van der Waals surface area contributed by atoms with Crippen LogP contribution in [0.1, 0.15) is 42.8 Å². The standard InChI is InChI=1S/C17H21N3/c1-3-12-4-6-13(7-5-12)16-8-11(2)19-17(20-16)14-9-15(18)10-14/h4-8,14-15H,3,9-10,18H2,1-2H3. The highest BCUT2D eigenvalue weighted by Crippen LogP contribution is 2.34. The van der Waals surface area contributed by atoms with E-state index in [2.05, 4.69) is 42.2 Å². The van der Waals surface area contributed by atoms with Gasteiger partial charge in [-0.1, -0.05) is 31.2 Å². The molecule has 0 saturated heterocycles. The number of rotatable bonds is 3. The lowest BCUT2D eigenvalue weighted by atomic mass is 9.80. The smallest absolute Gasteiger partial charge is 0.132 e. The molecular formula is C17H21N3. The van der Waals surface area contributed by atoms with Crippen molar-refractivity contribution < 1.29 is 0 Å². The maximum Gasteiger partial charge on any atom is 0.132 e. The Morgan fingerprint density at radius 2 is 1.85 bits per heavy atom. The zero-order valence-electron chi connectivity index (χ0n) is 12.1. The molecule has 0 amide bonds. The molecule has 1 fully saturated rings. The van der Waals surface area contributed by atoms with Gasteiger partial charge in [0.05, 0.1) is 5.69 Å². The third kappa shape index (κ3) is 2.59. The molecule has 2 aromatic rings. The summed E-state index contributed by atoms with van der Waals surface area (Å²) in [7, 11) is 0. The van der Waals surface area contributed by atoms with Gasteiger partial charge in [-0.15, -0.1) is 0 Å². The van der Waals surface area contributed by atoms with Crippen LogP contribution in [0.15, 0.2) is 30.3 Å². The lowest BCUT2D eigenvalue weighted by molar-refractivity contribution is 0.338. The second-order valence-electron chi connectivity index (χ2n) is 5.73. The molecule has 0 unspecified atom stereocenters. The number of nitrogens with zero attached hydrogens (tertiary/aromatic N) is 2. The average molecular weight is 267 g/mol. The number of aromatic nitrogens is 2. The van der Waals surface area contributed by atoms with Gasteiger partial charge in [0.2, 0.25) is 0 Å². The Morgan fingerprint density at radius 3 is 2.45 bits per heavy atom. The minimum absolute atomic E-state index is 0.330. The molecule has 2 N–H and O–H groups in total. The zero-order valence-corrected chi connectivity index (χ0v) is 12.1. The molecule has 0 atom stereocenters. The molecule has 104 valence electrons. The fourth-order valence-corrected chi connectivity index (χ4v) is 2.71. The Balaban J connectivity index is 1.92. The van der Waals surface area contributed by atoms with Crippen molar-refractivity contribution in [2.45, 2.75) is 45.1 Å². The Morgan fingerprint density at radius 1 is 1.15 bits per heavy atom. The van der Waals surface area contributed by atoms with E-state index in [-0.39, 0.29) is 0 Å². The highest BCUT2D eigenvalue weighted by Gasteiger charge is 2.29. The maximum absolute atomic E-state index is 5.87. The molecule has 0 bridgehead atoms. The van der Waals surface area contributed by atoms with Gasteiger partial charge in [-0.05, 0) is 37.8 Å². The fraction of sp³-hybridized carbons (Fsp3) is 0.412. The van der Waals surface area contributed by atoms with E-state index in [9.17, 15) is 0 Å². The summed E-state index contributed by atoms with van der Waals surface area (Å²) in [6.07, 6.45) is 3.09. The third-order valence-electron chi connectivity index (χ3n) is 4.07. The first-order chi connectivity index (χ1) is 9.65. The van der Waals surface area contributed by atoms with E-state index >= 15 is 0 Å². The Bertz CT molecular complexity index is 598. The van der Waals surface area contributed by atoms with Crippen molar-refractivity contribution in [1.82, 2.24) is 9.97 Å². The zero-order chi connectivity index (χ0) is 14.1. The SMILES string of the molecule is CCc1ccc(-c2cc(C)nc(C3CC(N)C3)n2)cc1. The van der Waals surface area contributed by atoms with E-state index in [0.29, 0.717) is 12.0 Å². The number of nitrogens with two attached hydrogens (primary N) is 1.